The van der Waals surface area contributed by atoms with E-state index < -0.39 is 0 Å². The molecule has 0 radical (unpaired) electrons. The third kappa shape index (κ3) is 4.02. The number of hydrogen-bond acceptors (Lipinski definition) is 3. The van der Waals surface area contributed by atoms with Gasteiger partial charge in [-0.1, -0.05) is 13.8 Å². The van der Waals surface area contributed by atoms with Crippen molar-refractivity contribution in [2.24, 2.45) is 11.7 Å². The van der Waals surface area contributed by atoms with E-state index >= 15 is 0 Å². The van der Waals surface area contributed by atoms with Gasteiger partial charge in [-0.2, -0.15) is 5.10 Å². The van der Waals surface area contributed by atoms with Crippen LogP contribution in [0.4, 0.5) is 0 Å². The highest BCUT2D eigenvalue weighted by Gasteiger charge is 2.08. The molecule has 1 unspecified atom stereocenters. The maximum absolute atomic E-state index is 10.8. The average molecular weight is 224 g/mol. The van der Waals surface area contributed by atoms with Crippen molar-refractivity contribution < 1.29 is 4.79 Å². The number of primary amides is 1. The fourth-order valence-corrected chi connectivity index (χ4v) is 1.34. The molecule has 1 amide bonds. The van der Waals surface area contributed by atoms with Crippen molar-refractivity contribution in [2.45, 2.75) is 39.9 Å². The minimum absolute atomic E-state index is 0.312. The van der Waals surface area contributed by atoms with Crippen LogP contribution in [-0.2, 0) is 17.9 Å². The highest BCUT2D eigenvalue weighted by molar-refractivity contribution is 5.79. The highest BCUT2D eigenvalue weighted by atomic mass is 16.1. The Morgan fingerprint density at radius 1 is 1.56 bits per heavy atom. The molecule has 0 saturated heterocycles. The van der Waals surface area contributed by atoms with Crippen molar-refractivity contribution in [3.63, 3.8) is 0 Å². The molecule has 90 valence electrons. The largest absolute Gasteiger partial charge is 0.368 e. The van der Waals surface area contributed by atoms with Gasteiger partial charge in [-0.3, -0.25) is 9.48 Å². The zero-order valence-electron chi connectivity index (χ0n) is 10.1. The molecule has 1 rings (SSSR count). The normalized spacial score (nSPS) is 13.0. The molecule has 0 bridgehead atoms. The molecule has 1 heterocycles. The third-order valence-corrected chi connectivity index (χ3v) is 2.28. The number of rotatable bonds is 6. The van der Waals surface area contributed by atoms with Crippen LogP contribution in [-0.4, -0.2) is 21.7 Å². The van der Waals surface area contributed by atoms with Crippen LogP contribution >= 0.6 is 0 Å². The van der Waals surface area contributed by atoms with E-state index in [2.05, 4.69) is 24.3 Å². The molecule has 1 aromatic heterocycles. The smallest absolute Gasteiger partial charge is 0.234 e. The fourth-order valence-electron chi connectivity index (χ4n) is 1.34. The number of carbonyl (C=O) groups is 1. The summed E-state index contributed by atoms with van der Waals surface area (Å²) in [7, 11) is 0. The van der Waals surface area contributed by atoms with Crippen LogP contribution in [0, 0.1) is 5.92 Å². The molecule has 1 aromatic rings. The van der Waals surface area contributed by atoms with Gasteiger partial charge in [-0.25, -0.2) is 0 Å². The first-order chi connectivity index (χ1) is 7.49. The number of hydrogen-bond donors (Lipinski definition) is 2. The monoisotopic (exact) mass is 224 g/mol. The second-order valence-corrected chi connectivity index (χ2v) is 4.47. The van der Waals surface area contributed by atoms with Crippen LogP contribution in [0.15, 0.2) is 12.4 Å². The summed E-state index contributed by atoms with van der Waals surface area (Å²) in [5.74, 6) is 0.236. The summed E-state index contributed by atoms with van der Waals surface area (Å²) < 4.78 is 1.91. The molecular formula is C11H20N4O. The van der Waals surface area contributed by atoms with Gasteiger partial charge in [0, 0.05) is 24.8 Å². The maximum atomic E-state index is 10.8. The molecule has 5 heteroatoms. The number of aromatic nitrogens is 2. The molecule has 0 fully saturated rings. The van der Waals surface area contributed by atoms with Gasteiger partial charge < -0.3 is 11.1 Å². The van der Waals surface area contributed by atoms with Crippen molar-refractivity contribution in [1.82, 2.24) is 15.1 Å². The zero-order valence-corrected chi connectivity index (χ0v) is 10.1. The molecule has 0 aliphatic heterocycles. The molecule has 16 heavy (non-hydrogen) atoms. The van der Waals surface area contributed by atoms with E-state index in [0.717, 1.165) is 12.1 Å². The summed E-state index contributed by atoms with van der Waals surface area (Å²) >= 11 is 0. The predicted octanol–water partition coefficient (Wildman–Crippen LogP) is 0.502. The Morgan fingerprint density at radius 2 is 2.25 bits per heavy atom. The van der Waals surface area contributed by atoms with Gasteiger partial charge in [0.15, 0.2) is 0 Å². The Labute approximate surface area is 96.0 Å². The summed E-state index contributed by atoms with van der Waals surface area (Å²) in [4.78, 5) is 10.8. The van der Waals surface area contributed by atoms with Crippen molar-refractivity contribution in [3.05, 3.63) is 18.0 Å². The molecule has 0 aliphatic carbocycles. The number of nitrogens with two attached hydrogens (primary N) is 1. The Kier molecular flexibility index (Phi) is 4.49. The van der Waals surface area contributed by atoms with Gasteiger partial charge in [-0.15, -0.1) is 0 Å². The highest BCUT2D eigenvalue weighted by Crippen LogP contribution is 2.02. The molecule has 0 saturated carbocycles. The summed E-state index contributed by atoms with van der Waals surface area (Å²) in [6, 6.07) is -0.312. The van der Waals surface area contributed by atoms with Gasteiger partial charge in [0.1, 0.15) is 0 Å². The molecule has 0 aromatic carbocycles. The molecule has 0 aliphatic rings. The molecular weight excluding hydrogens is 204 g/mol. The van der Waals surface area contributed by atoms with E-state index in [1.807, 2.05) is 17.1 Å². The number of nitrogens with one attached hydrogen (secondary N) is 1. The van der Waals surface area contributed by atoms with Crippen LogP contribution in [0.25, 0.3) is 0 Å². The standard InChI is InChI=1S/C11H20N4O/c1-8(2)6-15-7-10(5-14-15)4-13-9(3)11(12)16/h5,7-9,13H,4,6H2,1-3H3,(H2,12,16). The van der Waals surface area contributed by atoms with Gasteiger partial charge in [-0.05, 0) is 12.8 Å². The average Bonchev–Trinajstić information content (AvgIpc) is 2.60. The fraction of sp³-hybridized carbons (Fsp3) is 0.636. The van der Waals surface area contributed by atoms with Crippen LogP contribution in [0.3, 0.4) is 0 Å². The van der Waals surface area contributed by atoms with E-state index in [1.165, 1.54) is 0 Å². The molecule has 0 spiro atoms. The SMILES string of the molecule is CC(C)Cn1cc(CNC(C)C(N)=O)cn1. The van der Waals surface area contributed by atoms with Gasteiger partial charge in [0.05, 0.1) is 12.2 Å². The first-order valence-electron chi connectivity index (χ1n) is 5.53. The first kappa shape index (κ1) is 12.7. The Bertz CT molecular complexity index is 346. The summed E-state index contributed by atoms with van der Waals surface area (Å²) in [6.07, 6.45) is 3.80. The van der Waals surface area contributed by atoms with Gasteiger partial charge >= 0.3 is 0 Å². The molecule has 5 nitrogen and oxygen atoms in total. The lowest BCUT2D eigenvalue weighted by molar-refractivity contribution is -0.119. The predicted molar refractivity (Wildman–Crippen MR) is 62.6 cm³/mol. The number of nitrogens with zero attached hydrogens (tertiary/aromatic N) is 2. The second kappa shape index (κ2) is 5.65. The lowest BCUT2D eigenvalue weighted by atomic mass is 10.2. The molecule has 1 atom stereocenters. The van der Waals surface area contributed by atoms with Crippen molar-refractivity contribution in [2.75, 3.05) is 0 Å². The Hall–Kier alpha value is -1.36. The van der Waals surface area contributed by atoms with Crippen molar-refractivity contribution in [1.29, 1.82) is 0 Å². The minimum atomic E-state index is -0.338. The quantitative estimate of drug-likeness (QED) is 0.739. The summed E-state index contributed by atoms with van der Waals surface area (Å²) in [5.41, 5.74) is 6.21. The first-order valence-corrected chi connectivity index (χ1v) is 5.53. The second-order valence-electron chi connectivity index (χ2n) is 4.47. The van der Waals surface area contributed by atoms with Gasteiger partial charge in [0.25, 0.3) is 0 Å². The number of carbonyl (C=O) groups excluding carboxylic acids is 1. The number of amides is 1. The maximum Gasteiger partial charge on any atom is 0.234 e. The lowest BCUT2D eigenvalue weighted by Crippen LogP contribution is -2.38. The summed E-state index contributed by atoms with van der Waals surface area (Å²) in [6.45, 7) is 7.57. The van der Waals surface area contributed by atoms with Crippen LogP contribution in [0.2, 0.25) is 0 Å². The van der Waals surface area contributed by atoms with Crippen molar-refractivity contribution in [3.8, 4) is 0 Å². The lowest BCUT2D eigenvalue weighted by Gasteiger charge is -2.08. The van der Waals surface area contributed by atoms with E-state index in [9.17, 15) is 4.79 Å². The Morgan fingerprint density at radius 3 is 2.81 bits per heavy atom. The van der Waals surface area contributed by atoms with Gasteiger partial charge in [0.2, 0.25) is 5.91 Å². The van der Waals surface area contributed by atoms with E-state index in [-0.39, 0.29) is 11.9 Å². The summed E-state index contributed by atoms with van der Waals surface area (Å²) in [5, 5.41) is 7.28. The van der Waals surface area contributed by atoms with Crippen LogP contribution in [0.5, 0.6) is 0 Å². The third-order valence-electron chi connectivity index (χ3n) is 2.28. The van der Waals surface area contributed by atoms with E-state index in [0.29, 0.717) is 12.5 Å². The van der Waals surface area contributed by atoms with Crippen molar-refractivity contribution >= 4 is 5.91 Å². The van der Waals surface area contributed by atoms with Crippen LogP contribution in [0.1, 0.15) is 26.3 Å². The van der Waals surface area contributed by atoms with E-state index in [1.54, 1.807) is 6.92 Å². The van der Waals surface area contributed by atoms with Crippen LogP contribution < -0.4 is 11.1 Å². The zero-order chi connectivity index (χ0) is 12.1. The van der Waals surface area contributed by atoms with E-state index in [4.69, 9.17) is 5.73 Å². The molecule has 3 N–H and O–H groups in total. The topological polar surface area (TPSA) is 72.9 Å². The Balaban J connectivity index is 2.43. The minimum Gasteiger partial charge on any atom is -0.368 e.